The second-order valence-corrected chi connectivity index (χ2v) is 7.64. The molecule has 1 fully saturated rings. The number of hydrogen-bond donors (Lipinski definition) is 0. The Morgan fingerprint density at radius 1 is 1.10 bits per heavy atom. The molecule has 3 rings (SSSR count). The number of hydrogen-bond acceptors (Lipinski definition) is 6. The Balaban J connectivity index is 1.94. The second kappa shape index (κ2) is 10.6. The molecule has 0 unspecified atom stereocenters. The summed E-state index contributed by atoms with van der Waals surface area (Å²) in [5, 5.41) is 19.0. The van der Waals surface area contributed by atoms with Gasteiger partial charge in [0.15, 0.2) is 5.92 Å². The number of benzene rings is 1. The third kappa shape index (κ3) is 5.20. The van der Waals surface area contributed by atoms with Gasteiger partial charge in [-0.05, 0) is 55.3 Å². The Morgan fingerprint density at radius 3 is 2.35 bits per heavy atom. The Kier molecular flexibility index (Phi) is 7.59. The van der Waals surface area contributed by atoms with E-state index in [4.69, 9.17) is 4.74 Å². The average Bonchev–Trinajstić information content (AvgIpc) is 3.19. The number of carbonyl (C=O) groups is 1. The van der Waals surface area contributed by atoms with Gasteiger partial charge in [-0.2, -0.15) is 10.5 Å². The van der Waals surface area contributed by atoms with E-state index in [0.717, 1.165) is 36.5 Å². The molecule has 31 heavy (non-hydrogen) atoms. The SMILES string of the molecule is CN=C(c1c(CN2CCCCC2)ccn1Cc1ccc(C(=O)OC)cc1)C(C#N)C#N. The molecule has 0 N–H and O–H groups in total. The lowest BCUT2D eigenvalue weighted by molar-refractivity contribution is 0.0600. The van der Waals surface area contributed by atoms with Crippen LogP contribution in [-0.2, 0) is 17.8 Å². The van der Waals surface area contributed by atoms with Gasteiger partial charge in [-0.25, -0.2) is 4.79 Å². The summed E-state index contributed by atoms with van der Waals surface area (Å²) in [4.78, 5) is 18.5. The summed E-state index contributed by atoms with van der Waals surface area (Å²) in [6.45, 7) is 3.42. The van der Waals surface area contributed by atoms with Gasteiger partial charge in [0.25, 0.3) is 0 Å². The molecule has 1 aromatic carbocycles. The summed E-state index contributed by atoms with van der Waals surface area (Å²) < 4.78 is 6.80. The summed E-state index contributed by atoms with van der Waals surface area (Å²) >= 11 is 0. The molecule has 7 nitrogen and oxygen atoms in total. The van der Waals surface area contributed by atoms with E-state index >= 15 is 0 Å². The maximum atomic E-state index is 11.7. The summed E-state index contributed by atoms with van der Waals surface area (Å²) in [5.41, 5.74) is 3.89. The molecule has 0 bridgehead atoms. The highest BCUT2D eigenvalue weighted by molar-refractivity contribution is 6.05. The Hall–Kier alpha value is -3.42. The van der Waals surface area contributed by atoms with Crippen LogP contribution in [0.15, 0.2) is 41.5 Å². The van der Waals surface area contributed by atoms with Gasteiger partial charge in [-0.3, -0.25) is 9.89 Å². The molecule has 0 radical (unpaired) electrons. The fourth-order valence-corrected chi connectivity index (χ4v) is 4.03. The van der Waals surface area contributed by atoms with Crippen molar-refractivity contribution in [1.82, 2.24) is 9.47 Å². The van der Waals surface area contributed by atoms with E-state index in [1.807, 2.05) is 22.9 Å². The zero-order valence-corrected chi connectivity index (χ0v) is 18.0. The molecule has 2 aromatic rings. The van der Waals surface area contributed by atoms with Gasteiger partial charge < -0.3 is 9.30 Å². The minimum absolute atomic E-state index is 0.372. The van der Waals surface area contributed by atoms with Gasteiger partial charge in [-0.15, -0.1) is 0 Å². The highest BCUT2D eigenvalue weighted by Crippen LogP contribution is 2.22. The molecule has 1 aromatic heterocycles. The quantitative estimate of drug-likeness (QED) is 0.508. The molecule has 0 aliphatic carbocycles. The zero-order valence-electron chi connectivity index (χ0n) is 18.0. The van der Waals surface area contributed by atoms with E-state index in [0.29, 0.717) is 17.8 Å². The molecule has 0 atom stereocenters. The molecular formula is C24H27N5O2. The van der Waals surface area contributed by atoms with Crippen molar-refractivity contribution in [3.05, 3.63) is 58.9 Å². The van der Waals surface area contributed by atoms with Gasteiger partial charge in [0.2, 0.25) is 0 Å². The van der Waals surface area contributed by atoms with Crippen LogP contribution in [0.1, 0.15) is 46.4 Å². The topological polar surface area (TPSA) is 94.4 Å². The molecule has 1 aliphatic heterocycles. The average molecular weight is 418 g/mol. The largest absolute Gasteiger partial charge is 0.465 e. The predicted octanol–water partition coefficient (Wildman–Crippen LogP) is 3.39. The van der Waals surface area contributed by atoms with Crippen molar-refractivity contribution < 1.29 is 9.53 Å². The molecule has 160 valence electrons. The van der Waals surface area contributed by atoms with Crippen LogP contribution in [0.4, 0.5) is 0 Å². The van der Waals surface area contributed by atoms with E-state index in [2.05, 4.69) is 28.1 Å². The number of aliphatic imine (C=N–C) groups is 1. The number of ether oxygens (including phenoxy) is 1. The van der Waals surface area contributed by atoms with Crippen LogP contribution in [0.25, 0.3) is 0 Å². The van der Waals surface area contributed by atoms with E-state index < -0.39 is 5.92 Å². The van der Waals surface area contributed by atoms with E-state index in [1.165, 1.54) is 26.4 Å². The number of piperidine rings is 1. The highest BCUT2D eigenvalue weighted by Gasteiger charge is 2.24. The minimum Gasteiger partial charge on any atom is -0.465 e. The van der Waals surface area contributed by atoms with Gasteiger partial charge >= 0.3 is 5.97 Å². The maximum absolute atomic E-state index is 11.7. The molecule has 1 saturated heterocycles. The van der Waals surface area contributed by atoms with Crippen LogP contribution in [0, 0.1) is 28.6 Å². The number of rotatable bonds is 7. The normalized spacial score (nSPS) is 14.8. The Labute approximate surface area is 183 Å². The number of nitrogens with zero attached hydrogens (tertiary/aromatic N) is 5. The van der Waals surface area contributed by atoms with E-state index in [-0.39, 0.29) is 5.97 Å². The van der Waals surface area contributed by atoms with Crippen molar-refractivity contribution in [1.29, 1.82) is 10.5 Å². The smallest absolute Gasteiger partial charge is 0.337 e. The zero-order chi connectivity index (χ0) is 22.2. The Morgan fingerprint density at radius 2 is 1.77 bits per heavy atom. The number of nitriles is 2. The first kappa shape index (κ1) is 22.3. The van der Waals surface area contributed by atoms with E-state index in [9.17, 15) is 15.3 Å². The summed E-state index contributed by atoms with van der Waals surface area (Å²) in [5.74, 6) is -1.30. The lowest BCUT2D eigenvalue weighted by atomic mass is 9.99. The summed E-state index contributed by atoms with van der Waals surface area (Å²) in [7, 11) is 2.99. The number of aromatic nitrogens is 1. The van der Waals surface area contributed by atoms with Crippen molar-refractivity contribution in [3.8, 4) is 12.1 Å². The van der Waals surface area contributed by atoms with Crippen molar-refractivity contribution in [2.24, 2.45) is 10.9 Å². The van der Waals surface area contributed by atoms with Crippen molar-refractivity contribution in [2.75, 3.05) is 27.2 Å². The first-order valence-electron chi connectivity index (χ1n) is 10.4. The number of esters is 1. The highest BCUT2D eigenvalue weighted by atomic mass is 16.5. The van der Waals surface area contributed by atoms with Crippen LogP contribution in [0.5, 0.6) is 0 Å². The Bertz CT molecular complexity index is 1000. The van der Waals surface area contributed by atoms with Gasteiger partial charge in [0.1, 0.15) is 0 Å². The first-order chi connectivity index (χ1) is 15.1. The summed E-state index contributed by atoms with van der Waals surface area (Å²) in [6, 6.07) is 13.4. The molecule has 0 saturated carbocycles. The lowest BCUT2D eigenvalue weighted by Gasteiger charge is -2.27. The van der Waals surface area contributed by atoms with Gasteiger partial charge in [-0.1, -0.05) is 18.6 Å². The lowest BCUT2D eigenvalue weighted by Crippen LogP contribution is -2.30. The van der Waals surface area contributed by atoms with Crippen molar-refractivity contribution in [3.63, 3.8) is 0 Å². The number of carbonyl (C=O) groups excluding carboxylic acids is 1. The van der Waals surface area contributed by atoms with Crippen LogP contribution in [0.2, 0.25) is 0 Å². The predicted molar refractivity (Wildman–Crippen MR) is 118 cm³/mol. The van der Waals surface area contributed by atoms with Crippen molar-refractivity contribution in [2.45, 2.75) is 32.4 Å². The van der Waals surface area contributed by atoms with Gasteiger partial charge in [0, 0.05) is 26.3 Å². The second-order valence-electron chi connectivity index (χ2n) is 7.64. The van der Waals surface area contributed by atoms with Crippen LogP contribution < -0.4 is 0 Å². The third-order valence-corrected chi connectivity index (χ3v) is 5.63. The number of likely N-dealkylation sites (tertiary alicyclic amines) is 1. The van der Waals surface area contributed by atoms with Crippen molar-refractivity contribution >= 4 is 11.7 Å². The standard InChI is InChI=1S/C24H27N5O2/c1-27-22(21(14-25)15-26)23-20(17-28-11-4-3-5-12-28)10-13-29(23)16-18-6-8-19(9-7-18)24(30)31-2/h6-10,13,21H,3-5,11-12,16-17H2,1-2H3. The monoisotopic (exact) mass is 417 g/mol. The van der Waals surface area contributed by atoms with Gasteiger partial charge in [0.05, 0.1) is 36.2 Å². The molecule has 1 aliphatic rings. The van der Waals surface area contributed by atoms with Crippen LogP contribution in [0.3, 0.4) is 0 Å². The fraction of sp³-hybridized carbons (Fsp3) is 0.417. The van der Waals surface area contributed by atoms with Crippen LogP contribution >= 0.6 is 0 Å². The number of methoxy groups -OCH3 is 1. The molecule has 2 heterocycles. The van der Waals surface area contributed by atoms with Crippen LogP contribution in [-0.4, -0.2) is 48.4 Å². The molecule has 0 amide bonds. The fourth-order valence-electron chi connectivity index (χ4n) is 4.03. The third-order valence-electron chi connectivity index (χ3n) is 5.63. The minimum atomic E-state index is -0.930. The summed E-state index contributed by atoms with van der Waals surface area (Å²) in [6.07, 6.45) is 5.63. The molecule has 7 heteroatoms. The molecule has 0 spiro atoms. The first-order valence-corrected chi connectivity index (χ1v) is 10.4. The molecular weight excluding hydrogens is 390 g/mol. The maximum Gasteiger partial charge on any atom is 0.337 e. The van der Waals surface area contributed by atoms with E-state index in [1.54, 1.807) is 19.2 Å².